The Balaban J connectivity index is 0.00000456. The minimum Gasteiger partial charge on any atom is -0.494 e. The number of esters is 1. The fourth-order valence-electron chi connectivity index (χ4n) is 4.35. The van der Waals surface area contributed by atoms with Gasteiger partial charge in [-0.15, -0.1) is 17.0 Å². The third kappa shape index (κ3) is 8.68. The van der Waals surface area contributed by atoms with Crippen molar-refractivity contribution in [3.63, 3.8) is 0 Å². The minimum atomic E-state index is -0.316. The van der Waals surface area contributed by atoms with E-state index < -0.39 is 0 Å². The number of ether oxygens (including phenoxy) is 2. The van der Waals surface area contributed by atoms with Crippen LogP contribution in [0.2, 0.25) is 0 Å². The zero-order valence-corrected chi connectivity index (χ0v) is 24.0. The van der Waals surface area contributed by atoms with Gasteiger partial charge in [0.05, 0.1) is 18.9 Å². The lowest BCUT2D eigenvalue weighted by atomic mass is 9.92. The summed E-state index contributed by atoms with van der Waals surface area (Å²) in [7, 11) is 1.93. The third-order valence-corrected chi connectivity index (χ3v) is 7.19. The van der Waals surface area contributed by atoms with E-state index in [-0.39, 0.29) is 40.8 Å². The largest absolute Gasteiger partial charge is 0.494 e. The number of guanidine groups is 1. The summed E-state index contributed by atoms with van der Waals surface area (Å²) in [6.07, 6.45) is 8.04. The summed E-state index contributed by atoms with van der Waals surface area (Å²) in [6.45, 7) is 7.57. The predicted octanol–water partition coefficient (Wildman–Crippen LogP) is 4.96. The van der Waals surface area contributed by atoms with Crippen LogP contribution in [-0.2, 0) is 20.9 Å². The topological polar surface area (TPSA) is 97.5 Å². The van der Waals surface area contributed by atoms with Gasteiger partial charge < -0.3 is 25.0 Å². The summed E-state index contributed by atoms with van der Waals surface area (Å²) >= 11 is 0. The first-order chi connectivity index (χ1) is 16.7. The average molecular weight is 568 g/mol. The first-order valence-corrected chi connectivity index (χ1v) is 12.9. The molecule has 1 amide bonds. The molecule has 1 aromatic rings. The summed E-state index contributed by atoms with van der Waals surface area (Å²) in [4.78, 5) is 33.0. The van der Waals surface area contributed by atoms with Crippen LogP contribution in [0.1, 0.15) is 77.7 Å². The highest BCUT2D eigenvalue weighted by Crippen LogP contribution is 2.29. The molecule has 0 atom stereocenters. The van der Waals surface area contributed by atoms with E-state index in [0.717, 1.165) is 36.3 Å². The molecule has 1 fully saturated rings. The molecule has 0 aromatic heterocycles. The average Bonchev–Trinajstić information content (AvgIpc) is 2.86. The molecule has 2 N–H and O–H groups in total. The molecule has 3 rings (SSSR count). The van der Waals surface area contributed by atoms with Crippen molar-refractivity contribution in [2.24, 2.45) is 16.1 Å². The quantitative estimate of drug-likeness (QED) is 0.300. The van der Waals surface area contributed by atoms with Gasteiger partial charge in [-0.1, -0.05) is 40.0 Å². The van der Waals surface area contributed by atoms with Gasteiger partial charge in [0.15, 0.2) is 5.96 Å². The van der Waals surface area contributed by atoms with E-state index in [2.05, 4.69) is 25.8 Å². The van der Waals surface area contributed by atoms with Gasteiger partial charge in [-0.05, 0) is 49.3 Å². The molecule has 1 aliphatic carbocycles. The van der Waals surface area contributed by atoms with Crippen molar-refractivity contribution in [3.05, 3.63) is 23.8 Å². The van der Waals surface area contributed by atoms with E-state index >= 15 is 0 Å². The molecule has 1 saturated carbocycles. The summed E-state index contributed by atoms with van der Waals surface area (Å²) < 4.78 is 11.4. The van der Waals surface area contributed by atoms with Gasteiger partial charge >= 0.3 is 5.97 Å². The summed E-state index contributed by atoms with van der Waals surface area (Å²) in [5.74, 6) is 0.905. The number of fused-ring (bicyclic) bond motifs is 1. The SMILES string of the molecule is Br.CCC(C)(C)COC(=O)CN1Cc2cc(OCCCC(=O)N(C)C3CCCCC3)ccc2N=C1N. The molecule has 1 heterocycles. The predicted molar refractivity (Wildman–Crippen MR) is 148 cm³/mol. The van der Waals surface area contributed by atoms with Gasteiger partial charge in [0.2, 0.25) is 5.91 Å². The lowest BCUT2D eigenvalue weighted by molar-refractivity contribution is -0.147. The van der Waals surface area contributed by atoms with Gasteiger partial charge in [-0.2, -0.15) is 0 Å². The third-order valence-electron chi connectivity index (χ3n) is 7.19. The molecule has 8 nitrogen and oxygen atoms in total. The van der Waals surface area contributed by atoms with E-state index in [1.165, 1.54) is 19.3 Å². The number of rotatable bonds is 11. The van der Waals surface area contributed by atoms with Crippen molar-refractivity contribution < 1.29 is 19.1 Å². The smallest absolute Gasteiger partial charge is 0.325 e. The highest BCUT2D eigenvalue weighted by Gasteiger charge is 2.24. The maximum absolute atomic E-state index is 12.5. The van der Waals surface area contributed by atoms with Gasteiger partial charge in [0.25, 0.3) is 0 Å². The lowest BCUT2D eigenvalue weighted by Crippen LogP contribution is -2.42. The maximum Gasteiger partial charge on any atom is 0.325 e. The van der Waals surface area contributed by atoms with Crippen LogP contribution >= 0.6 is 17.0 Å². The van der Waals surface area contributed by atoms with Crippen molar-refractivity contribution in [1.29, 1.82) is 0 Å². The highest BCUT2D eigenvalue weighted by molar-refractivity contribution is 8.93. The van der Waals surface area contributed by atoms with Crippen LogP contribution in [-0.4, -0.2) is 60.5 Å². The molecule has 36 heavy (non-hydrogen) atoms. The zero-order chi connectivity index (χ0) is 25.4. The van der Waals surface area contributed by atoms with Gasteiger partial charge in [-0.3, -0.25) is 9.59 Å². The first kappa shape index (κ1) is 29.9. The van der Waals surface area contributed by atoms with Crippen molar-refractivity contribution in [2.75, 3.05) is 26.8 Å². The normalized spacial score (nSPS) is 15.9. The number of aliphatic imine (C=N–C) groups is 1. The Morgan fingerprint density at radius 1 is 1.22 bits per heavy atom. The van der Waals surface area contributed by atoms with Gasteiger partial charge in [0, 0.05) is 31.6 Å². The van der Waals surface area contributed by atoms with Crippen molar-refractivity contribution >= 4 is 40.5 Å². The first-order valence-electron chi connectivity index (χ1n) is 12.9. The number of hydrogen-bond donors (Lipinski definition) is 1. The zero-order valence-electron chi connectivity index (χ0n) is 22.3. The molecule has 2 aliphatic rings. The second-order valence-corrected chi connectivity index (χ2v) is 10.5. The van der Waals surface area contributed by atoms with Crippen molar-refractivity contribution in [2.45, 2.75) is 84.7 Å². The number of nitrogens with zero attached hydrogens (tertiary/aromatic N) is 3. The number of halogens is 1. The Labute approximate surface area is 226 Å². The van der Waals surface area contributed by atoms with Crippen molar-refractivity contribution in [1.82, 2.24) is 9.80 Å². The number of nitrogens with two attached hydrogens (primary N) is 1. The number of carbonyl (C=O) groups is 2. The number of carbonyl (C=O) groups excluding carboxylic acids is 2. The number of hydrogen-bond acceptors (Lipinski definition) is 7. The van der Waals surface area contributed by atoms with Crippen LogP contribution in [0.3, 0.4) is 0 Å². The number of benzene rings is 1. The molecule has 1 aromatic carbocycles. The van der Waals surface area contributed by atoms with Crippen LogP contribution in [0.4, 0.5) is 5.69 Å². The summed E-state index contributed by atoms with van der Waals surface area (Å²) in [6, 6.07) is 6.06. The van der Waals surface area contributed by atoms with Crippen LogP contribution in [0.15, 0.2) is 23.2 Å². The summed E-state index contributed by atoms with van der Waals surface area (Å²) in [5, 5.41) is 0. The van der Waals surface area contributed by atoms with E-state index in [1.54, 1.807) is 4.90 Å². The molecule has 0 saturated heterocycles. The van der Waals surface area contributed by atoms with Crippen LogP contribution in [0, 0.1) is 5.41 Å². The standard InChI is InChI=1S/C27H42N4O4.BrH/c1-5-27(2,3)19-35-25(33)18-31-17-20-16-22(13-14-23(20)29-26(31)28)34-15-9-12-24(32)30(4)21-10-7-6-8-11-21;/h13-14,16,21H,5-12,15,17-19H2,1-4H3,(H2,28,29);1H. The Kier molecular flexibility index (Phi) is 11.5. The minimum absolute atomic E-state index is 0. The van der Waals surface area contributed by atoms with Gasteiger partial charge in [-0.25, -0.2) is 4.99 Å². The summed E-state index contributed by atoms with van der Waals surface area (Å²) in [5.41, 5.74) is 7.75. The Morgan fingerprint density at radius 2 is 1.94 bits per heavy atom. The van der Waals surface area contributed by atoms with Crippen LogP contribution in [0.25, 0.3) is 0 Å². The molecular formula is C27H43BrN4O4. The molecule has 9 heteroatoms. The molecule has 1 aliphatic heterocycles. The van der Waals surface area contributed by atoms with Crippen LogP contribution in [0.5, 0.6) is 5.75 Å². The molecule has 202 valence electrons. The maximum atomic E-state index is 12.5. The Hall–Kier alpha value is -2.29. The van der Waals surface area contributed by atoms with Gasteiger partial charge in [0.1, 0.15) is 12.3 Å². The molecular weight excluding hydrogens is 524 g/mol. The monoisotopic (exact) mass is 566 g/mol. The Morgan fingerprint density at radius 3 is 2.64 bits per heavy atom. The molecule has 0 unspecified atom stereocenters. The lowest BCUT2D eigenvalue weighted by Gasteiger charge is -2.31. The van der Waals surface area contributed by atoms with Crippen molar-refractivity contribution in [3.8, 4) is 5.75 Å². The van der Waals surface area contributed by atoms with E-state index in [9.17, 15) is 9.59 Å². The fourth-order valence-corrected chi connectivity index (χ4v) is 4.35. The molecule has 0 radical (unpaired) electrons. The Bertz CT molecular complexity index is 915. The second kappa shape index (κ2) is 13.9. The number of amides is 1. The fraction of sp³-hybridized carbons (Fsp3) is 0.667. The highest BCUT2D eigenvalue weighted by atomic mass is 79.9. The van der Waals surface area contributed by atoms with Crippen LogP contribution < -0.4 is 10.5 Å². The second-order valence-electron chi connectivity index (χ2n) is 10.5. The van der Waals surface area contributed by atoms with E-state index in [1.807, 2.05) is 30.1 Å². The van der Waals surface area contributed by atoms with E-state index in [4.69, 9.17) is 15.2 Å². The van der Waals surface area contributed by atoms with E-state index in [0.29, 0.717) is 44.6 Å². The molecule has 0 spiro atoms. The molecule has 0 bridgehead atoms.